The van der Waals surface area contributed by atoms with E-state index in [2.05, 4.69) is 22.7 Å². The van der Waals surface area contributed by atoms with Crippen molar-refractivity contribution < 1.29 is 4.79 Å². The van der Waals surface area contributed by atoms with Crippen LogP contribution in [0.15, 0.2) is 36.4 Å². The molecule has 0 saturated heterocycles. The molecular formula is C15H17ClN4O. The maximum Gasteiger partial charge on any atom is 0.255 e. The smallest absolute Gasteiger partial charge is 0.255 e. The number of aryl methyl sites for hydroxylation is 1. The fourth-order valence-electron chi connectivity index (χ4n) is 1.91. The Morgan fingerprint density at radius 1 is 1.29 bits per heavy atom. The minimum Gasteiger partial charge on any atom is -0.322 e. The number of hydrazine groups is 1. The van der Waals surface area contributed by atoms with Crippen molar-refractivity contribution in [1.82, 2.24) is 4.98 Å². The number of nitrogens with two attached hydrogens (primary N) is 1. The number of hydrogen-bond acceptors (Lipinski definition) is 4. The predicted molar refractivity (Wildman–Crippen MR) is 85.4 cm³/mol. The summed E-state index contributed by atoms with van der Waals surface area (Å²) in [7, 11) is 0. The number of aromatic nitrogens is 1. The molecule has 0 aliphatic carbocycles. The minimum atomic E-state index is -0.214. The van der Waals surface area contributed by atoms with Gasteiger partial charge in [0.2, 0.25) is 0 Å². The Balaban J connectivity index is 2.21. The summed E-state index contributed by atoms with van der Waals surface area (Å²) in [5, 5.41) is 3.43. The molecule has 4 N–H and O–H groups in total. The van der Waals surface area contributed by atoms with Crippen molar-refractivity contribution in [3.8, 4) is 0 Å². The van der Waals surface area contributed by atoms with E-state index < -0.39 is 0 Å². The van der Waals surface area contributed by atoms with Gasteiger partial charge < -0.3 is 10.7 Å². The topological polar surface area (TPSA) is 80.0 Å². The summed E-state index contributed by atoms with van der Waals surface area (Å²) >= 11 is 5.82. The van der Waals surface area contributed by atoms with E-state index in [1.54, 1.807) is 36.4 Å². The third-order valence-corrected chi connectivity index (χ3v) is 3.15. The van der Waals surface area contributed by atoms with Crippen LogP contribution >= 0.6 is 11.6 Å². The molecule has 0 spiro atoms. The summed E-state index contributed by atoms with van der Waals surface area (Å²) < 4.78 is 0. The van der Waals surface area contributed by atoms with Crippen LogP contribution in [0.5, 0.6) is 0 Å². The fourth-order valence-corrected chi connectivity index (χ4v) is 2.04. The SMILES string of the molecule is CCCc1cc(C(=O)Nc2ccc(Cl)cc2)cc(NN)n1. The highest BCUT2D eigenvalue weighted by Gasteiger charge is 2.10. The second-order valence-electron chi connectivity index (χ2n) is 4.59. The van der Waals surface area contributed by atoms with Crippen molar-refractivity contribution in [2.75, 3.05) is 10.7 Å². The van der Waals surface area contributed by atoms with Crippen molar-refractivity contribution in [3.63, 3.8) is 0 Å². The Labute approximate surface area is 128 Å². The van der Waals surface area contributed by atoms with E-state index in [0.717, 1.165) is 18.5 Å². The maximum atomic E-state index is 12.3. The zero-order chi connectivity index (χ0) is 15.2. The molecule has 0 atom stereocenters. The molecule has 1 amide bonds. The summed E-state index contributed by atoms with van der Waals surface area (Å²) in [6.07, 6.45) is 1.73. The number of nitrogens with one attached hydrogen (secondary N) is 2. The molecule has 2 rings (SSSR count). The lowest BCUT2D eigenvalue weighted by atomic mass is 10.1. The second-order valence-corrected chi connectivity index (χ2v) is 5.02. The number of benzene rings is 1. The number of nitrogen functional groups attached to an aromatic ring is 1. The summed E-state index contributed by atoms with van der Waals surface area (Å²) in [4.78, 5) is 16.6. The predicted octanol–water partition coefficient (Wildman–Crippen LogP) is 3.23. The molecule has 0 aliphatic rings. The summed E-state index contributed by atoms with van der Waals surface area (Å²) in [6.45, 7) is 2.05. The number of hydrogen-bond donors (Lipinski definition) is 3. The van der Waals surface area contributed by atoms with Crippen molar-refractivity contribution in [1.29, 1.82) is 0 Å². The number of carbonyl (C=O) groups excluding carboxylic acids is 1. The van der Waals surface area contributed by atoms with Gasteiger partial charge >= 0.3 is 0 Å². The van der Waals surface area contributed by atoms with Crippen molar-refractivity contribution in [2.24, 2.45) is 5.84 Å². The highest BCUT2D eigenvalue weighted by atomic mass is 35.5. The molecule has 110 valence electrons. The fraction of sp³-hybridized carbons (Fsp3) is 0.200. The van der Waals surface area contributed by atoms with E-state index in [1.165, 1.54) is 0 Å². The van der Waals surface area contributed by atoms with Gasteiger partial charge in [0.1, 0.15) is 5.82 Å². The largest absolute Gasteiger partial charge is 0.322 e. The molecular weight excluding hydrogens is 288 g/mol. The van der Waals surface area contributed by atoms with Crippen LogP contribution in [0.1, 0.15) is 29.4 Å². The first-order valence-corrected chi connectivity index (χ1v) is 7.04. The Bertz CT molecular complexity index is 628. The van der Waals surface area contributed by atoms with Crippen LogP contribution in [0.2, 0.25) is 5.02 Å². The van der Waals surface area contributed by atoms with E-state index in [0.29, 0.717) is 22.1 Å². The van der Waals surface area contributed by atoms with Crippen LogP contribution < -0.4 is 16.6 Å². The zero-order valence-corrected chi connectivity index (χ0v) is 12.4. The number of anilines is 2. The Morgan fingerprint density at radius 2 is 2.00 bits per heavy atom. The molecule has 2 aromatic rings. The molecule has 1 aromatic carbocycles. The number of amides is 1. The van der Waals surface area contributed by atoms with Gasteiger partial charge in [-0.05, 0) is 42.8 Å². The van der Waals surface area contributed by atoms with Crippen LogP contribution in [-0.4, -0.2) is 10.9 Å². The third kappa shape index (κ3) is 4.18. The lowest BCUT2D eigenvalue weighted by Crippen LogP contribution is -2.15. The van der Waals surface area contributed by atoms with Crippen LogP contribution in [-0.2, 0) is 6.42 Å². The lowest BCUT2D eigenvalue weighted by molar-refractivity contribution is 0.102. The molecule has 6 heteroatoms. The standard InChI is InChI=1S/C15H17ClN4O/c1-2-3-13-8-10(9-14(18-13)20-17)15(21)19-12-6-4-11(16)5-7-12/h4-9H,2-3,17H2,1H3,(H,18,20)(H,19,21). The molecule has 1 heterocycles. The van der Waals surface area contributed by atoms with Gasteiger partial charge in [0.05, 0.1) is 0 Å². The van der Waals surface area contributed by atoms with E-state index in [-0.39, 0.29) is 5.91 Å². The maximum absolute atomic E-state index is 12.3. The molecule has 0 unspecified atom stereocenters. The van der Waals surface area contributed by atoms with E-state index in [4.69, 9.17) is 17.4 Å². The van der Waals surface area contributed by atoms with Gasteiger partial charge in [0.15, 0.2) is 0 Å². The Kier molecular flexibility index (Phi) is 5.14. The van der Waals surface area contributed by atoms with Gasteiger partial charge in [-0.2, -0.15) is 0 Å². The number of halogens is 1. The van der Waals surface area contributed by atoms with Crippen LogP contribution in [0, 0.1) is 0 Å². The molecule has 0 bridgehead atoms. The summed E-state index contributed by atoms with van der Waals surface area (Å²) in [5.74, 6) is 5.65. The van der Waals surface area contributed by atoms with Gasteiger partial charge in [-0.15, -0.1) is 0 Å². The van der Waals surface area contributed by atoms with Crippen molar-refractivity contribution >= 4 is 29.0 Å². The minimum absolute atomic E-state index is 0.214. The first-order chi connectivity index (χ1) is 10.1. The normalized spacial score (nSPS) is 10.2. The average molecular weight is 305 g/mol. The van der Waals surface area contributed by atoms with E-state index in [9.17, 15) is 4.79 Å². The third-order valence-electron chi connectivity index (χ3n) is 2.90. The number of nitrogens with zero attached hydrogens (tertiary/aromatic N) is 1. The molecule has 0 aliphatic heterocycles. The molecule has 21 heavy (non-hydrogen) atoms. The number of carbonyl (C=O) groups is 1. The van der Waals surface area contributed by atoms with Gasteiger partial charge in [0.25, 0.3) is 5.91 Å². The highest BCUT2D eigenvalue weighted by molar-refractivity contribution is 6.30. The van der Waals surface area contributed by atoms with Crippen LogP contribution in [0.25, 0.3) is 0 Å². The number of pyridine rings is 1. The lowest BCUT2D eigenvalue weighted by Gasteiger charge is -2.09. The monoisotopic (exact) mass is 304 g/mol. The van der Waals surface area contributed by atoms with Crippen LogP contribution in [0.3, 0.4) is 0 Å². The zero-order valence-electron chi connectivity index (χ0n) is 11.7. The second kappa shape index (κ2) is 7.06. The van der Waals surface area contributed by atoms with Gasteiger partial charge in [0, 0.05) is 22.0 Å². The van der Waals surface area contributed by atoms with Gasteiger partial charge in [-0.25, -0.2) is 10.8 Å². The Morgan fingerprint density at radius 3 is 2.62 bits per heavy atom. The molecule has 0 fully saturated rings. The highest BCUT2D eigenvalue weighted by Crippen LogP contribution is 2.16. The van der Waals surface area contributed by atoms with Crippen molar-refractivity contribution in [3.05, 3.63) is 52.7 Å². The average Bonchev–Trinajstić information content (AvgIpc) is 2.49. The number of rotatable bonds is 5. The van der Waals surface area contributed by atoms with Gasteiger partial charge in [-0.1, -0.05) is 24.9 Å². The first kappa shape index (κ1) is 15.3. The van der Waals surface area contributed by atoms with Crippen LogP contribution in [0.4, 0.5) is 11.5 Å². The first-order valence-electron chi connectivity index (χ1n) is 6.67. The Hall–Kier alpha value is -2.11. The summed E-state index contributed by atoms with van der Waals surface area (Å²) in [6, 6.07) is 10.3. The summed E-state index contributed by atoms with van der Waals surface area (Å²) in [5.41, 5.74) is 4.50. The molecule has 0 saturated carbocycles. The van der Waals surface area contributed by atoms with Crippen molar-refractivity contribution in [2.45, 2.75) is 19.8 Å². The molecule has 0 radical (unpaired) electrons. The quantitative estimate of drug-likeness (QED) is 0.585. The van der Waals surface area contributed by atoms with E-state index in [1.807, 2.05) is 0 Å². The van der Waals surface area contributed by atoms with E-state index >= 15 is 0 Å². The molecule has 5 nitrogen and oxygen atoms in total. The molecule has 1 aromatic heterocycles. The van der Waals surface area contributed by atoms with Gasteiger partial charge in [-0.3, -0.25) is 4.79 Å².